The average molecular weight is 256 g/mol. The molecule has 0 aromatic rings. The maximum atomic E-state index is 12.3. The number of nitrogens with zero attached hydrogens (tertiary/aromatic N) is 1. The van der Waals surface area contributed by atoms with Crippen LogP contribution >= 0.6 is 11.8 Å². The van der Waals surface area contributed by atoms with Gasteiger partial charge in [0.2, 0.25) is 5.91 Å². The van der Waals surface area contributed by atoms with E-state index in [0.717, 1.165) is 0 Å². The summed E-state index contributed by atoms with van der Waals surface area (Å²) in [5.74, 6) is 0.779. The molecule has 2 aliphatic rings. The Morgan fingerprint density at radius 1 is 1.41 bits per heavy atom. The van der Waals surface area contributed by atoms with Crippen LogP contribution in [0.25, 0.3) is 0 Å². The van der Waals surface area contributed by atoms with Crippen molar-refractivity contribution < 1.29 is 4.79 Å². The number of nitrogens with one attached hydrogen (secondary N) is 1. The van der Waals surface area contributed by atoms with E-state index >= 15 is 0 Å². The molecule has 0 spiro atoms. The van der Waals surface area contributed by atoms with Gasteiger partial charge in [-0.2, -0.15) is 11.8 Å². The van der Waals surface area contributed by atoms with Gasteiger partial charge in [-0.25, -0.2) is 0 Å². The molecule has 1 saturated heterocycles. The Kier molecular flexibility index (Phi) is 4.03. The van der Waals surface area contributed by atoms with E-state index in [0.29, 0.717) is 23.1 Å². The van der Waals surface area contributed by atoms with Crippen molar-refractivity contribution in [3.63, 3.8) is 0 Å². The number of carbonyl (C=O) groups excluding carboxylic acids is 1. The molecular weight excluding hydrogens is 232 g/mol. The SMILES string of the molecule is CSC1CCCC1N1C(=O)C(C)NC1C(C)C. The molecule has 4 unspecified atom stereocenters. The third-order valence-electron chi connectivity index (χ3n) is 4.05. The van der Waals surface area contributed by atoms with E-state index in [-0.39, 0.29) is 12.2 Å². The van der Waals surface area contributed by atoms with E-state index in [1.807, 2.05) is 18.7 Å². The zero-order valence-corrected chi connectivity index (χ0v) is 12.1. The van der Waals surface area contributed by atoms with E-state index in [1.165, 1.54) is 19.3 Å². The molecule has 4 atom stereocenters. The predicted octanol–water partition coefficient (Wildman–Crippen LogP) is 2.07. The molecule has 1 aliphatic heterocycles. The zero-order chi connectivity index (χ0) is 12.6. The van der Waals surface area contributed by atoms with E-state index in [4.69, 9.17) is 0 Å². The number of thioether (sulfide) groups is 1. The number of hydrogen-bond donors (Lipinski definition) is 1. The van der Waals surface area contributed by atoms with Crippen molar-refractivity contribution in [2.75, 3.05) is 6.26 Å². The van der Waals surface area contributed by atoms with Gasteiger partial charge in [0.05, 0.1) is 12.2 Å². The molecule has 0 aromatic carbocycles. The summed E-state index contributed by atoms with van der Waals surface area (Å²) in [6, 6.07) is 0.438. The Bertz CT molecular complexity index is 295. The highest BCUT2D eigenvalue weighted by atomic mass is 32.2. The van der Waals surface area contributed by atoms with Crippen molar-refractivity contribution in [2.45, 2.75) is 63.5 Å². The monoisotopic (exact) mass is 256 g/mol. The lowest BCUT2D eigenvalue weighted by Crippen LogP contribution is -2.49. The summed E-state index contributed by atoms with van der Waals surface area (Å²) in [5.41, 5.74) is 0. The summed E-state index contributed by atoms with van der Waals surface area (Å²) in [4.78, 5) is 14.5. The van der Waals surface area contributed by atoms with Crippen LogP contribution in [-0.2, 0) is 4.79 Å². The lowest BCUT2D eigenvalue weighted by Gasteiger charge is -2.35. The van der Waals surface area contributed by atoms with Gasteiger partial charge in [-0.15, -0.1) is 0 Å². The fraction of sp³-hybridized carbons (Fsp3) is 0.923. The van der Waals surface area contributed by atoms with Gasteiger partial charge in [0.1, 0.15) is 0 Å². The van der Waals surface area contributed by atoms with Gasteiger partial charge in [-0.05, 0) is 31.9 Å². The van der Waals surface area contributed by atoms with Gasteiger partial charge in [0.15, 0.2) is 0 Å². The third kappa shape index (κ3) is 2.34. The standard InChI is InChI=1S/C13H24N2OS/c1-8(2)12-14-9(3)13(16)15(12)10-6-5-7-11(10)17-4/h8-12,14H,5-7H2,1-4H3. The van der Waals surface area contributed by atoms with E-state index in [1.54, 1.807) is 0 Å². The quantitative estimate of drug-likeness (QED) is 0.839. The summed E-state index contributed by atoms with van der Waals surface area (Å²) >= 11 is 1.92. The maximum Gasteiger partial charge on any atom is 0.241 e. The Morgan fingerprint density at radius 3 is 2.71 bits per heavy atom. The Morgan fingerprint density at radius 2 is 2.12 bits per heavy atom. The highest BCUT2D eigenvalue weighted by molar-refractivity contribution is 7.99. The van der Waals surface area contributed by atoms with Crippen LogP contribution in [-0.4, -0.2) is 40.6 Å². The largest absolute Gasteiger partial charge is 0.321 e. The Balaban J connectivity index is 2.18. The first kappa shape index (κ1) is 13.2. The molecule has 1 N–H and O–H groups in total. The lowest BCUT2D eigenvalue weighted by molar-refractivity contribution is -0.132. The second-order valence-electron chi connectivity index (χ2n) is 5.60. The molecular formula is C13H24N2OS. The highest BCUT2D eigenvalue weighted by Gasteiger charge is 2.45. The minimum Gasteiger partial charge on any atom is -0.321 e. The first-order chi connectivity index (χ1) is 8.06. The molecule has 1 heterocycles. The van der Waals surface area contributed by atoms with Crippen LogP contribution in [0.3, 0.4) is 0 Å². The molecule has 4 heteroatoms. The number of rotatable bonds is 3. The molecule has 3 nitrogen and oxygen atoms in total. The topological polar surface area (TPSA) is 32.3 Å². The molecule has 0 radical (unpaired) electrons. The van der Waals surface area contributed by atoms with Crippen LogP contribution in [0.15, 0.2) is 0 Å². The fourth-order valence-corrected chi connectivity index (χ4v) is 4.14. The Labute approximate surface area is 109 Å². The molecule has 98 valence electrons. The molecule has 1 saturated carbocycles. The summed E-state index contributed by atoms with van der Waals surface area (Å²) in [6.45, 7) is 6.37. The summed E-state index contributed by atoms with van der Waals surface area (Å²) in [7, 11) is 0. The van der Waals surface area contributed by atoms with Crippen LogP contribution in [0.1, 0.15) is 40.0 Å². The maximum absolute atomic E-state index is 12.3. The van der Waals surface area contributed by atoms with Crippen molar-refractivity contribution in [1.82, 2.24) is 10.2 Å². The van der Waals surface area contributed by atoms with Crippen LogP contribution in [0.5, 0.6) is 0 Å². The fourth-order valence-electron chi connectivity index (χ4n) is 3.15. The van der Waals surface area contributed by atoms with E-state index < -0.39 is 0 Å². The molecule has 0 bridgehead atoms. The van der Waals surface area contributed by atoms with E-state index in [2.05, 4.69) is 30.3 Å². The minimum atomic E-state index is -0.00879. The molecule has 1 aliphatic carbocycles. The average Bonchev–Trinajstić information content (AvgIpc) is 2.84. The van der Waals surface area contributed by atoms with Gasteiger partial charge in [0, 0.05) is 11.3 Å². The van der Waals surface area contributed by atoms with Crippen LogP contribution in [0.2, 0.25) is 0 Å². The van der Waals surface area contributed by atoms with Crippen molar-refractivity contribution >= 4 is 17.7 Å². The van der Waals surface area contributed by atoms with Gasteiger partial charge in [0.25, 0.3) is 0 Å². The number of hydrogen-bond acceptors (Lipinski definition) is 3. The molecule has 1 amide bonds. The molecule has 0 aromatic heterocycles. The van der Waals surface area contributed by atoms with E-state index in [9.17, 15) is 4.79 Å². The van der Waals surface area contributed by atoms with Gasteiger partial charge < -0.3 is 4.90 Å². The summed E-state index contributed by atoms with van der Waals surface area (Å²) in [6.07, 6.45) is 6.10. The minimum absolute atomic E-state index is 0.00879. The summed E-state index contributed by atoms with van der Waals surface area (Å²) < 4.78 is 0. The predicted molar refractivity (Wildman–Crippen MR) is 73.0 cm³/mol. The van der Waals surface area contributed by atoms with Gasteiger partial charge in [-0.1, -0.05) is 20.3 Å². The van der Waals surface area contributed by atoms with Gasteiger partial charge in [-0.3, -0.25) is 10.1 Å². The normalized spacial score (nSPS) is 38.4. The van der Waals surface area contributed by atoms with Crippen molar-refractivity contribution in [3.8, 4) is 0 Å². The van der Waals surface area contributed by atoms with Gasteiger partial charge >= 0.3 is 0 Å². The second-order valence-corrected chi connectivity index (χ2v) is 6.67. The molecule has 2 rings (SSSR count). The third-order valence-corrected chi connectivity index (χ3v) is 5.21. The van der Waals surface area contributed by atoms with Crippen LogP contribution < -0.4 is 5.32 Å². The zero-order valence-electron chi connectivity index (χ0n) is 11.3. The molecule has 17 heavy (non-hydrogen) atoms. The van der Waals surface area contributed by atoms with Crippen molar-refractivity contribution in [3.05, 3.63) is 0 Å². The second kappa shape index (κ2) is 5.19. The lowest BCUT2D eigenvalue weighted by atomic mass is 10.1. The van der Waals surface area contributed by atoms with Crippen LogP contribution in [0, 0.1) is 5.92 Å². The number of carbonyl (C=O) groups is 1. The molecule has 2 fully saturated rings. The van der Waals surface area contributed by atoms with Crippen molar-refractivity contribution in [1.29, 1.82) is 0 Å². The Hall–Kier alpha value is -0.220. The van der Waals surface area contributed by atoms with Crippen LogP contribution in [0.4, 0.5) is 0 Å². The highest BCUT2D eigenvalue weighted by Crippen LogP contribution is 2.35. The first-order valence-corrected chi connectivity index (χ1v) is 7.96. The summed E-state index contributed by atoms with van der Waals surface area (Å²) in [5, 5.41) is 4.07. The first-order valence-electron chi connectivity index (χ1n) is 6.67. The smallest absolute Gasteiger partial charge is 0.241 e. The van der Waals surface area contributed by atoms with Crippen molar-refractivity contribution in [2.24, 2.45) is 5.92 Å². The number of amides is 1.